The average molecular weight is 291 g/mol. The Morgan fingerprint density at radius 1 is 1.24 bits per heavy atom. The first kappa shape index (κ1) is 15.3. The molecule has 3 N–H and O–H groups in total. The van der Waals surface area contributed by atoms with Gasteiger partial charge in [0.2, 0.25) is 0 Å². The number of aromatic nitrogens is 1. The smallest absolute Gasteiger partial charge is 0.354 e. The van der Waals surface area contributed by atoms with Crippen molar-refractivity contribution in [3.8, 4) is 0 Å². The van der Waals surface area contributed by atoms with Crippen LogP contribution in [0.25, 0.3) is 0 Å². The normalized spacial score (nSPS) is 22.1. The molecule has 1 aliphatic rings. The number of carbonyl (C=O) groups excluding carboxylic acids is 1. The summed E-state index contributed by atoms with van der Waals surface area (Å²) in [5.74, 6) is -0.355. The molecule has 0 aromatic carbocycles. The molecule has 21 heavy (non-hydrogen) atoms. The van der Waals surface area contributed by atoms with Crippen LogP contribution in [0.2, 0.25) is 0 Å². The lowest BCUT2D eigenvalue weighted by atomic mass is 10.0. The Kier molecular flexibility index (Phi) is 5.14. The number of aromatic carboxylic acids is 1. The second-order valence-electron chi connectivity index (χ2n) is 5.65. The van der Waals surface area contributed by atoms with Crippen molar-refractivity contribution in [1.82, 2.24) is 10.3 Å². The lowest BCUT2D eigenvalue weighted by molar-refractivity contribution is 0.0690. The van der Waals surface area contributed by atoms with Gasteiger partial charge in [0.1, 0.15) is 5.69 Å². The van der Waals surface area contributed by atoms with Crippen molar-refractivity contribution in [2.24, 2.45) is 5.92 Å². The van der Waals surface area contributed by atoms with Crippen molar-refractivity contribution in [2.45, 2.75) is 45.1 Å². The number of carbonyl (C=O) groups is 2. The fraction of sp³-hybridized carbons (Fsp3) is 0.533. The summed E-state index contributed by atoms with van der Waals surface area (Å²) in [5.41, 5.74) is 0.443. The minimum Gasteiger partial charge on any atom is -0.477 e. The number of rotatable bonds is 3. The molecule has 6 heteroatoms. The van der Waals surface area contributed by atoms with Crippen LogP contribution >= 0.6 is 0 Å². The summed E-state index contributed by atoms with van der Waals surface area (Å²) >= 11 is 0. The summed E-state index contributed by atoms with van der Waals surface area (Å²) in [6.07, 6.45) is 6.86. The highest BCUT2D eigenvalue weighted by atomic mass is 16.4. The SMILES string of the molecule is CC1CCCC(NC(=O)Nc2ccc(C(=O)O)nc2)CC1. The van der Waals surface area contributed by atoms with Crippen molar-refractivity contribution in [3.63, 3.8) is 0 Å². The Balaban J connectivity index is 1.85. The van der Waals surface area contributed by atoms with Gasteiger partial charge in [0.25, 0.3) is 0 Å². The zero-order chi connectivity index (χ0) is 15.2. The fourth-order valence-corrected chi connectivity index (χ4v) is 2.58. The Bertz CT molecular complexity index is 501. The quantitative estimate of drug-likeness (QED) is 0.747. The summed E-state index contributed by atoms with van der Waals surface area (Å²) in [6, 6.07) is 2.84. The maximum absolute atomic E-state index is 11.9. The molecule has 1 heterocycles. The molecule has 0 spiro atoms. The Labute approximate surface area is 124 Å². The van der Waals surface area contributed by atoms with Crippen LogP contribution in [0.5, 0.6) is 0 Å². The second kappa shape index (κ2) is 7.06. The van der Waals surface area contributed by atoms with Gasteiger partial charge in [0, 0.05) is 6.04 Å². The number of amides is 2. The molecule has 1 aliphatic carbocycles. The van der Waals surface area contributed by atoms with Crippen molar-refractivity contribution < 1.29 is 14.7 Å². The number of pyridine rings is 1. The molecule has 2 rings (SSSR count). The number of urea groups is 1. The van der Waals surface area contributed by atoms with Crippen molar-refractivity contribution >= 4 is 17.7 Å². The van der Waals surface area contributed by atoms with Gasteiger partial charge in [-0.15, -0.1) is 0 Å². The van der Waals surface area contributed by atoms with Crippen LogP contribution < -0.4 is 10.6 Å². The Hall–Kier alpha value is -2.11. The van der Waals surface area contributed by atoms with Gasteiger partial charge < -0.3 is 15.7 Å². The first-order chi connectivity index (χ1) is 10.0. The highest BCUT2D eigenvalue weighted by Gasteiger charge is 2.18. The third-order valence-electron chi connectivity index (χ3n) is 3.83. The summed E-state index contributed by atoms with van der Waals surface area (Å²) in [6.45, 7) is 2.25. The minimum absolute atomic E-state index is 0.0429. The maximum atomic E-state index is 11.9. The van der Waals surface area contributed by atoms with E-state index in [1.54, 1.807) is 0 Å². The molecule has 2 unspecified atom stereocenters. The summed E-state index contributed by atoms with van der Waals surface area (Å²) in [5, 5.41) is 14.4. The molecule has 1 aromatic rings. The maximum Gasteiger partial charge on any atom is 0.354 e. The molecule has 0 bridgehead atoms. The monoisotopic (exact) mass is 291 g/mol. The zero-order valence-electron chi connectivity index (χ0n) is 12.1. The first-order valence-corrected chi connectivity index (χ1v) is 7.31. The number of hydrogen-bond donors (Lipinski definition) is 3. The molecule has 1 saturated carbocycles. The third-order valence-corrected chi connectivity index (χ3v) is 3.83. The number of carboxylic acid groups (broad SMARTS) is 1. The molecule has 0 radical (unpaired) electrons. The number of nitrogens with one attached hydrogen (secondary N) is 2. The van der Waals surface area contributed by atoms with Crippen LogP contribution in [-0.2, 0) is 0 Å². The highest BCUT2D eigenvalue weighted by molar-refractivity contribution is 5.90. The van der Waals surface area contributed by atoms with Crippen LogP contribution in [-0.4, -0.2) is 28.1 Å². The molecule has 0 saturated heterocycles. The van der Waals surface area contributed by atoms with Gasteiger partial charge in [-0.1, -0.05) is 19.8 Å². The standard InChI is InChI=1S/C15H21N3O3/c1-10-3-2-4-11(6-5-10)17-15(21)18-12-7-8-13(14(19)20)16-9-12/h7-11H,2-6H2,1H3,(H,19,20)(H2,17,18,21). The lowest BCUT2D eigenvalue weighted by Crippen LogP contribution is -2.37. The van der Waals surface area contributed by atoms with Gasteiger partial charge in [-0.3, -0.25) is 0 Å². The van der Waals surface area contributed by atoms with Crippen LogP contribution in [0.4, 0.5) is 10.5 Å². The van der Waals surface area contributed by atoms with E-state index in [1.165, 1.54) is 24.8 Å². The molecule has 0 aliphatic heterocycles. The summed E-state index contributed by atoms with van der Waals surface area (Å²) in [7, 11) is 0. The molecule has 2 atom stereocenters. The van der Waals surface area contributed by atoms with Crippen LogP contribution in [0.1, 0.15) is 49.5 Å². The number of nitrogens with zero attached hydrogens (tertiary/aromatic N) is 1. The van der Waals surface area contributed by atoms with E-state index in [0.717, 1.165) is 31.6 Å². The summed E-state index contributed by atoms with van der Waals surface area (Å²) < 4.78 is 0. The first-order valence-electron chi connectivity index (χ1n) is 7.31. The van der Waals surface area contributed by atoms with E-state index in [-0.39, 0.29) is 17.8 Å². The number of carboxylic acids is 1. The van der Waals surface area contributed by atoms with Gasteiger partial charge in [0.15, 0.2) is 0 Å². The van der Waals surface area contributed by atoms with E-state index in [2.05, 4.69) is 22.5 Å². The predicted molar refractivity (Wildman–Crippen MR) is 79.4 cm³/mol. The largest absolute Gasteiger partial charge is 0.477 e. The fourth-order valence-electron chi connectivity index (χ4n) is 2.58. The van der Waals surface area contributed by atoms with Crippen molar-refractivity contribution in [3.05, 3.63) is 24.0 Å². The van der Waals surface area contributed by atoms with Crippen LogP contribution in [0.15, 0.2) is 18.3 Å². The average Bonchev–Trinajstić information content (AvgIpc) is 2.64. The highest BCUT2D eigenvalue weighted by Crippen LogP contribution is 2.22. The molecule has 1 aromatic heterocycles. The van der Waals surface area contributed by atoms with Crippen molar-refractivity contribution in [1.29, 1.82) is 0 Å². The number of anilines is 1. The topological polar surface area (TPSA) is 91.3 Å². The lowest BCUT2D eigenvalue weighted by Gasteiger charge is -2.16. The molecule has 1 fully saturated rings. The van der Waals surface area contributed by atoms with Gasteiger partial charge in [-0.25, -0.2) is 14.6 Å². The van der Waals surface area contributed by atoms with Crippen LogP contribution in [0.3, 0.4) is 0 Å². The summed E-state index contributed by atoms with van der Waals surface area (Å²) in [4.78, 5) is 26.4. The van der Waals surface area contributed by atoms with E-state index >= 15 is 0 Å². The Morgan fingerprint density at radius 3 is 2.71 bits per heavy atom. The van der Waals surface area contributed by atoms with E-state index in [4.69, 9.17) is 5.11 Å². The van der Waals surface area contributed by atoms with E-state index in [9.17, 15) is 9.59 Å². The zero-order valence-corrected chi connectivity index (χ0v) is 12.1. The van der Waals surface area contributed by atoms with Crippen molar-refractivity contribution in [2.75, 3.05) is 5.32 Å². The number of hydrogen-bond acceptors (Lipinski definition) is 3. The predicted octanol–water partition coefficient (Wildman–Crippen LogP) is 2.87. The molecule has 6 nitrogen and oxygen atoms in total. The molecule has 2 amide bonds. The third kappa shape index (κ3) is 4.73. The molecule has 114 valence electrons. The molecular weight excluding hydrogens is 270 g/mol. The van der Waals surface area contributed by atoms with Gasteiger partial charge >= 0.3 is 12.0 Å². The van der Waals surface area contributed by atoms with E-state index in [1.807, 2.05) is 0 Å². The van der Waals surface area contributed by atoms with Gasteiger partial charge in [0.05, 0.1) is 11.9 Å². The van der Waals surface area contributed by atoms with Gasteiger partial charge in [-0.05, 0) is 37.3 Å². The van der Waals surface area contributed by atoms with Crippen LogP contribution in [0, 0.1) is 5.92 Å². The second-order valence-corrected chi connectivity index (χ2v) is 5.65. The van der Waals surface area contributed by atoms with E-state index in [0.29, 0.717) is 5.69 Å². The molecular formula is C15H21N3O3. The van der Waals surface area contributed by atoms with Gasteiger partial charge in [-0.2, -0.15) is 0 Å². The minimum atomic E-state index is -1.08. The Morgan fingerprint density at radius 2 is 2.05 bits per heavy atom. The van der Waals surface area contributed by atoms with E-state index < -0.39 is 5.97 Å².